The van der Waals surface area contributed by atoms with Crippen LogP contribution in [0.5, 0.6) is 0 Å². The van der Waals surface area contributed by atoms with Crippen molar-refractivity contribution in [1.29, 1.82) is 0 Å². The molecule has 0 saturated heterocycles. The van der Waals surface area contributed by atoms with Crippen LogP contribution in [0.25, 0.3) is 10.9 Å². The molecule has 4 rings (SSSR count). The zero-order chi connectivity index (χ0) is 21.3. The SMILES string of the molecule is Cc1nc2cc(F)ccc2cc1C(=O)Nc1ccnn1Cc1ccc(N(C)C)cc1. The van der Waals surface area contributed by atoms with Gasteiger partial charge in [-0.05, 0) is 42.8 Å². The predicted octanol–water partition coefficient (Wildman–Crippen LogP) is 4.25. The van der Waals surface area contributed by atoms with Gasteiger partial charge < -0.3 is 10.2 Å². The van der Waals surface area contributed by atoms with E-state index < -0.39 is 0 Å². The summed E-state index contributed by atoms with van der Waals surface area (Å²) in [4.78, 5) is 19.3. The van der Waals surface area contributed by atoms with E-state index in [4.69, 9.17) is 0 Å². The van der Waals surface area contributed by atoms with E-state index in [1.165, 1.54) is 12.1 Å². The van der Waals surface area contributed by atoms with E-state index in [0.717, 1.165) is 11.3 Å². The Labute approximate surface area is 174 Å². The highest BCUT2D eigenvalue weighted by Gasteiger charge is 2.14. The molecule has 0 saturated carbocycles. The smallest absolute Gasteiger partial charge is 0.258 e. The molecule has 0 aliphatic carbocycles. The summed E-state index contributed by atoms with van der Waals surface area (Å²) in [5, 5.41) is 7.95. The van der Waals surface area contributed by atoms with E-state index in [0.29, 0.717) is 34.5 Å². The fourth-order valence-electron chi connectivity index (χ4n) is 3.29. The second-order valence-electron chi connectivity index (χ2n) is 7.35. The number of pyridine rings is 1. The van der Waals surface area contributed by atoms with Crippen LogP contribution in [-0.2, 0) is 6.54 Å². The molecule has 2 aromatic heterocycles. The first kappa shape index (κ1) is 19.6. The van der Waals surface area contributed by atoms with Crippen LogP contribution in [0.4, 0.5) is 15.9 Å². The third-order valence-corrected chi connectivity index (χ3v) is 4.96. The number of hydrogen-bond donors (Lipinski definition) is 1. The van der Waals surface area contributed by atoms with Crippen LogP contribution in [0, 0.1) is 12.7 Å². The van der Waals surface area contributed by atoms with Crippen molar-refractivity contribution in [1.82, 2.24) is 14.8 Å². The number of halogens is 1. The average molecular weight is 403 g/mol. The van der Waals surface area contributed by atoms with Crippen LogP contribution in [0.2, 0.25) is 0 Å². The summed E-state index contributed by atoms with van der Waals surface area (Å²) in [6, 6.07) is 16.0. The molecule has 0 radical (unpaired) electrons. The van der Waals surface area contributed by atoms with E-state index in [-0.39, 0.29) is 11.7 Å². The van der Waals surface area contributed by atoms with Gasteiger partial charge in [0.05, 0.1) is 29.5 Å². The van der Waals surface area contributed by atoms with Crippen molar-refractivity contribution < 1.29 is 9.18 Å². The van der Waals surface area contributed by atoms with E-state index in [1.54, 1.807) is 36.0 Å². The van der Waals surface area contributed by atoms with Crippen LogP contribution in [0.3, 0.4) is 0 Å². The van der Waals surface area contributed by atoms with Crippen LogP contribution >= 0.6 is 0 Å². The minimum Gasteiger partial charge on any atom is -0.378 e. The maximum atomic E-state index is 13.4. The molecule has 0 aliphatic heterocycles. The number of carbonyl (C=O) groups is 1. The normalized spacial score (nSPS) is 10.9. The van der Waals surface area contributed by atoms with Gasteiger partial charge in [0.1, 0.15) is 11.6 Å². The van der Waals surface area contributed by atoms with Crippen molar-refractivity contribution in [2.45, 2.75) is 13.5 Å². The number of benzene rings is 2. The zero-order valence-corrected chi connectivity index (χ0v) is 17.1. The first-order valence-electron chi connectivity index (χ1n) is 9.57. The second-order valence-corrected chi connectivity index (χ2v) is 7.35. The van der Waals surface area contributed by atoms with E-state index in [2.05, 4.69) is 15.4 Å². The number of hydrogen-bond acceptors (Lipinski definition) is 4. The number of anilines is 2. The standard InChI is InChI=1S/C23H22FN5O/c1-15-20(12-17-6-7-18(24)13-21(17)26-15)23(30)27-22-10-11-25-29(22)14-16-4-8-19(9-5-16)28(2)3/h4-13H,14H2,1-3H3,(H,27,30). The summed E-state index contributed by atoms with van der Waals surface area (Å²) in [6.07, 6.45) is 1.65. The number of amides is 1. The fourth-order valence-corrected chi connectivity index (χ4v) is 3.29. The molecule has 0 fully saturated rings. The summed E-state index contributed by atoms with van der Waals surface area (Å²) >= 11 is 0. The summed E-state index contributed by atoms with van der Waals surface area (Å²) in [7, 11) is 3.99. The first-order chi connectivity index (χ1) is 14.4. The number of aromatic nitrogens is 3. The van der Waals surface area contributed by atoms with Gasteiger partial charge in [0, 0.05) is 37.3 Å². The quantitative estimate of drug-likeness (QED) is 0.541. The second kappa shape index (κ2) is 7.94. The molecule has 2 heterocycles. The number of carbonyl (C=O) groups excluding carboxylic acids is 1. The molecule has 0 spiro atoms. The van der Waals surface area contributed by atoms with Gasteiger partial charge in [-0.25, -0.2) is 9.07 Å². The van der Waals surface area contributed by atoms with Crippen LogP contribution in [0.15, 0.2) is 60.8 Å². The average Bonchev–Trinajstić information content (AvgIpc) is 3.14. The van der Waals surface area contributed by atoms with Gasteiger partial charge in [-0.15, -0.1) is 0 Å². The third kappa shape index (κ3) is 4.00. The Morgan fingerprint density at radius 3 is 2.60 bits per heavy atom. The Kier molecular flexibility index (Phi) is 5.18. The highest BCUT2D eigenvalue weighted by molar-refractivity contribution is 6.06. The Hall–Kier alpha value is -3.74. The van der Waals surface area contributed by atoms with Crippen LogP contribution < -0.4 is 10.2 Å². The van der Waals surface area contributed by atoms with E-state index >= 15 is 0 Å². The van der Waals surface area contributed by atoms with Crippen molar-refractivity contribution in [2.24, 2.45) is 0 Å². The van der Waals surface area contributed by atoms with Gasteiger partial charge in [-0.1, -0.05) is 12.1 Å². The number of nitrogens with one attached hydrogen (secondary N) is 1. The molecular formula is C23H22FN5O. The van der Waals surface area contributed by atoms with E-state index in [9.17, 15) is 9.18 Å². The molecule has 2 aromatic carbocycles. The summed E-state index contributed by atoms with van der Waals surface area (Å²) in [5.41, 5.74) is 3.70. The lowest BCUT2D eigenvalue weighted by Gasteiger charge is -2.14. The topological polar surface area (TPSA) is 63.1 Å². The number of rotatable bonds is 5. The zero-order valence-electron chi connectivity index (χ0n) is 17.1. The minimum absolute atomic E-state index is 0.282. The van der Waals surface area contributed by atoms with Gasteiger partial charge in [0.2, 0.25) is 0 Å². The monoisotopic (exact) mass is 403 g/mol. The molecule has 6 nitrogen and oxygen atoms in total. The van der Waals surface area contributed by atoms with Gasteiger partial charge >= 0.3 is 0 Å². The largest absolute Gasteiger partial charge is 0.378 e. The highest BCUT2D eigenvalue weighted by Crippen LogP contribution is 2.20. The molecule has 0 bridgehead atoms. The van der Waals surface area contributed by atoms with Gasteiger partial charge in [0.15, 0.2) is 0 Å². The van der Waals surface area contributed by atoms with Crippen molar-refractivity contribution >= 4 is 28.3 Å². The van der Waals surface area contributed by atoms with Crippen molar-refractivity contribution in [3.8, 4) is 0 Å². The molecule has 7 heteroatoms. The van der Waals surface area contributed by atoms with Crippen molar-refractivity contribution in [3.63, 3.8) is 0 Å². The molecule has 0 unspecified atom stereocenters. The number of aryl methyl sites for hydroxylation is 1. The lowest BCUT2D eigenvalue weighted by Crippen LogP contribution is -2.17. The van der Waals surface area contributed by atoms with Crippen molar-refractivity contribution in [2.75, 3.05) is 24.3 Å². The van der Waals surface area contributed by atoms with Crippen LogP contribution in [-0.4, -0.2) is 34.8 Å². The maximum absolute atomic E-state index is 13.4. The molecule has 4 aromatic rings. The summed E-state index contributed by atoms with van der Waals surface area (Å²) in [6.45, 7) is 2.27. The Morgan fingerprint density at radius 2 is 1.87 bits per heavy atom. The molecule has 0 aliphatic rings. The predicted molar refractivity (Wildman–Crippen MR) is 116 cm³/mol. The summed E-state index contributed by atoms with van der Waals surface area (Å²) < 4.78 is 15.2. The summed E-state index contributed by atoms with van der Waals surface area (Å²) in [5.74, 6) is -0.0414. The Bertz CT molecular complexity index is 1210. The van der Waals surface area contributed by atoms with Gasteiger partial charge in [-0.3, -0.25) is 9.78 Å². The Balaban J connectivity index is 1.55. The molecule has 1 amide bonds. The fraction of sp³-hybridized carbons (Fsp3) is 0.174. The molecule has 152 valence electrons. The van der Waals surface area contributed by atoms with Gasteiger partial charge in [-0.2, -0.15) is 5.10 Å². The first-order valence-corrected chi connectivity index (χ1v) is 9.57. The molecular weight excluding hydrogens is 381 g/mol. The maximum Gasteiger partial charge on any atom is 0.258 e. The highest BCUT2D eigenvalue weighted by atomic mass is 19.1. The molecule has 30 heavy (non-hydrogen) atoms. The molecule has 0 atom stereocenters. The number of nitrogens with zero attached hydrogens (tertiary/aromatic N) is 4. The Morgan fingerprint density at radius 1 is 1.10 bits per heavy atom. The minimum atomic E-state index is -0.353. The lowest BCUT2D eigenvalue weighted by atomic mass is 10.1. The van der Waals surface area contributed by atoms with Crippen molar-refractivity contribution in [3.05, 3.63) is 83.4 Å². The third-order valence-electron chi connectivity index (χ3n) is 4.96. The van der Waals surface area contributed by atoms with Crippen LogP contribution in [0.1, 0.15) is 21.6 Å². The van der Waals surface area contributed by atoms with E-state index in [1.807, 2.05) is 43.3 Å². The van der Waals surface area contributed by atoms with Gasteiger partial charge in [0.25, 0.3) is 5.91 Å². The lowest BCUT2D eigenvalue weighted by molar-refractivity contribution is 0.102. The molecule has 1 N–H and O–H groups in total. The number of fused-ring (bicyclic) bond motifs is 1.